The number of carbonyl (C=O) groups is 2. The molecule has 0 aromatic rings. The van der Waals surface area contributed by atoms with Gasteiger partial charge in [0, 0.05) is 12.8 Å². The van der Waals surface area contributed by atoms with Crippen molar-refractivity contribution in [3.05, 3.63) is 0 Å². The maximum atomic E-state index is 11.8. The van der Waals surface area contributed by atoms with Crippen LogP contribution in [0.5, 0.6) is 0 Å². The monoisotopic (exact) mass is 270 g/mol. The quantitative estimate of drug-likeness (QED) is 0.722. The highest BCUT2D eigenvalue weighted by atomic mass is 16.5. The minimum absolute atomic E-state index is 0.0458. The molecule has 0 aromatic carbocycles. The number of hydrogen-bond acceptors (Lipinski definition) is 4. The topological polar surface area (TPSA) is 78.9 Å². The van der Waals surface area contributed by atoms with Gasteiger partial charge in [0.15, 0.2) is 0 Å². The highest BCUT2D eigenvalue weighted by Gasteiger charge is 2.34. The van der Waals surface area contributed by atoms with Crippen LogP contribution in [0.2, 0.25) is 0 Å². The lowest BCUT2D eigenvalue weighted by atomic mass is 10.1. The van der Waals surface area contributed by atoms with Crippen LogP contribution >= 0.6 is 0 Å². The van der Waals surface area contributed by atoms with Gasteiger partial charge in [0.2, 0.25) is 5.91 Å². The zero-order chi connectivity index (χ0) is 13.7. The van der Waals surface area contributed by atoms with Gasteiger partial charge >= 0.3 is 5.97 Å². The molecule has 2 aliphatic rings. The third-order valence-electron chi connectivity index (χ3n) is 3.80. The molecule has 6 heteroatoms. The third-order valence-corrected chi connectivity index (χ3v) is 3.80. The molecule has 0 aromatic heterocycles. The third kappa shape index (κ3) is 4.18. The average molecular weight is 270 g/mol. The van der Waals surface area contributed by atoms with Gasteiger partial charge in [0.25, 0.3) is 0 Å². The number of nitrogens with one attached hydrogen (secondary N) is 1. The first-order chi connectivity index (χ1) is 9.16. The summed E-state index contributed by atoms with van der Waals surface area (Å²) in [6, 6.07) is 0.335. The normalized spacial score (nSPS) is 27.6. The van der Waals surface area contributed by atoms with Crippen LogP contribution in [0, 0.1) is 0 Å². The van der Waals surface area contributed by atoms with Crippen LogP contribution in [-0.2, 0) is 14.3 Å². The lowest BCUT2D eigenvalue weighted by Gasteiger charge is -2.27. The maximum Gasteiger partial charge on any atom is 0.303 e. The lowest BCUT2D eigenvalue weighted by Crippen LogP contribution is -2.50. The summed E-state index contributed by atoms with van der Waals surface area (Å²) in [5, 5.41) is 11.5. The molecule has 0 aliphatic carbocycles. The number of nitrogens with zero attached hydrogens (tertiary/aromatic N) is 1. The summed E-state index contributed by atoms with van der Waals surface area (Å²) in [5.41, 5.74) is 0. The molecular formula is C13H22N2O4. The van der Waals surface area contributed by atoms with E-state index in [0.29, 0.717) is 19.6 Å². The fourth-order valence-corrected chi connectivity index (χ4v) is 2.79. The number of carboxylic acid groups (broad SMARTS) is 1. The molecule has 0 saturated carbocycles. The van der Waals surface area contributed by atoms with Crippen molar-refractivity contribution in [1.29, 1.82) is 0 Å². The summed E-state index contributed by atoms with van der Waals surface area (Å²) in [5.74, 6) is -0.923. The van der Waals surface area contributed by atoms with Gasteiger partial charge in [0.05, 0.1) is 25.3 Å². The fraction of sp³-hybridized carbons (Fsp3) is 0.846. The van der Waals surface area contributed by atoms with Crippen molar-refractivity contribution >= 4 is 11.9 Å². The van der Waals surface area contributed by atoms with Crippen LogP contribution in [0.4, 0.5) is 0 Å². The molecule has 2 heterocycles. The van der Waals surface area contributed by atoms with Crippen molar-refractivity contribution in [2.24, 2.45) is 0 Å². The van der Waals surface area contributed by atoms with Crippen molar-refractivity contribution in [2.75, 3.05) is 26.3 Å². The van der Waals surface area contributed by atoms with Crippen LogP contribution in [0.15, 0.2) is 0 Å². The summed E-state index contributed by atoms with van der Waals surface area (Å²) < 4.78 is 5.48. The average Bonchev–Trinajstić information content (AvgIpc) is 2.97. The van der Waals surface area contributed by atoms with Crippen molar-refractivity contribution in [1.82, 2.24) is 10.2 Å². The predicted octanol–water partition coefficient (Wildman–Crippen LogP) is 0.221. The zero-order valence-corrected chi connectivity index (χ0v) is 11.1. The minimum atomic E-state index is -0.855. The molecule has 6 nitrogen and oxygen atoms in total. The Morgan fingerprint density at radius 1 is 1.21 bits per heavy atom. The van der Waals surface area contributed by atoms with Gasteiger partial charge in [-0.05, 0) is 32.4 Å². The first-order valence-corrected chi connectivity index (χ1v) is 7.00. The Hall–Kier alpha value is -1.14. The molecule has 2 saturated heterocycles. The Labute approximate surface area is 113 Å². The van der Waals surface area contributed by atoms with Crippen LogP contribution in [0.3, 0.4) is 0 Å². The second-order valence-corrected chi connectivity index (χ2v) is 5.27. The van der Waals surface area contributed by atoms with E-state index in [-0.39, 0.29) is 30.8 Å². The van der Waals surface area contributed by atoms with Gasteiger partial charge in [0.1, 0.15) is 0 Å². The van der Waals surface area contributed by atoms with Gasteiger partial charge in [-0.15, -0.1) is 0 Å². The van der Waals surface area contributed by atoms with E-state index in [0.717, 1.165) is 13.1 Å². The van der Waals surface area contributed by atoms with Gasteiger partial charge in [-0.3, -0.25) is 14.5 Å². The summed E-state index contributed by atoms with van der Waals surface area (Å²) >= 11 is 0. The largest absolute Gasteiger partial charge is 0.481 e. The second-order valence-electron chi connectivity index (χ2n) is 5.27. The molecule has 2 rings (SSSR count). The van der Waals surface area contributed by atoms with Gasteiger partial charge in [-0.2, -0.15) is 0 Å². The molecule has 2 N–H and O–H groups in total. The first-order valence-electron chi connectivity index (χ1n) is 7.00. The number of rotatable bonds is 6. The highest BCUT2D eigenvalue weighted by molar-refractivity contribution is 5.77. The smallest absolute Gasteiger partial charge is 0.303 e. The van der Waals surface area contributed by atoms with Crippen molar-refractivity contribution in [3.8, 4) is 0 Å². The molecule has 0 bridgehead atoms. The van der Waals surface area contributed by atoms with E-state index in [4.69, 9.17) is 9.84 Å². The van der Waals surface area contributed by atoms with Crippen LogP contribution in [0.1, 0.15) is 32.1 Å². The minimum Gasteiger partial charge on any atom is -0.481 e. The Balaban J connectivity index is 1.74. The van der Waals surface area contributed by atoms with E-state index in [9.17, 15) is 9.59 Å². The summed E-state index contributed by atoms with van der Waals surface area (Å²) in [7, 11) is 0. The van der Waals surface area contributed by atoms with Gasteiger partial charge in [-0.1, -0.05) is 0 Å². The van der Waals surface area contributed by atoms with Crippen LogP contribution in [0.25, 0.3) is 0 Å². The van der Waals surface area contributed by atoms with Gasteiger partial charge in [-0.25, -0.2) is 0 Å². The molecule has 2 fully saturated rings. The van der Waals surface area contributed by atoms with E-state index in [1.165, 1.54) is 12.8 Å². The molecule has 0 spiro atoms. The molecule has 0 radical (unpaired) electrons. The summed E-state index contributed by atoms with van der Waals surface area (Å²) in [6.07, 6.45) is 3.15. The van der Waals surface area contributed by atoms with Gasteiger partial charge < -0.3 is 15.2 Å². The Kier molecular flexibility index (Phi) is 5.15. The molecule has 0 unspecified atom stereocenters. The van der Waals surface area contributed by atoms with E-state index in [1.807, 2.05) is 0 Å². The van der Waals surface area contributed by atoms with Crippen LogP contribution < -0.4 is 5.32 Å². The van der Waals surface area contributed by atoms with Crippen molar-refractivity contribution in [2.45, 2.75) is 44.2 Å². The first kappa shape index (κ1) is 14.3. The van der Waals surface area contributed by atoms with Crippen LogP contribution in [-0.4, -0.2) is 60.3 Å². The van der Waals surface area contributed by atoms with Crippen molar-refractivity contribution in [3.63, 3.8) is 0 Å². The Bertz CT molecular complexity index is 329. The van der Waals surface area contributed by atoms with E-state index < -0.39 is 5.97 Å². The number of carboxylic acids is 1. The zero-order valence-electron chi connectivity index (χ0n) is 11.1. The molecule has 2 atom stereocenters. The molecule has 19 heavy (non-hydrogen) atoms. The maximum absolute atomic E-state index is 11.8. The Morgan fingerprint density at radius 2 is 1.95 bits per heavy atom. The van der Waals surface area contributed by atoms with E-state index in [1.54, 1.807) is 0 Å². The fourth-order valence-electron chi connectivity index (χ4n) is 2.79. The van der Waals surface area contributed by atoms with E-state index >= 15 is 0 Å². The highest BCUT2D eigenvalue weighted by Crippen LogP contribution is 2.19. The molecule has 108 valence electrons. The number of ether oxygens (including phenoxy) is 1. The Morgan fingerprint density at radius 3 is 2.63 bits per heavy atom. The number of likely N-dealkylation sites (tertiary alicyclic amines) is 1. The second kappa shape index (κ2) is 6.86. The predicted molar refractivity (Wildman–Crippen MR) is 68.8 cm³/mol. The number of carbonyl (C=O) groups excluding carboxylic acids is 1. The standard InChI is InChI=1S/C13H22N2O4/c16-12(4-3-5-13(17)18)14-10-8-19-9-11(10)15-6-1-2-7-15/h10-11H,1-9H2,(H,14,16)(H,17,18)/t10-,11-/m0/s1. The number of hydrogen-bond donors (Lipinski definition) is 2. The molecule has 1 amide bonds. The number of aliphatic carboxylic acids is 1. The summed E-state index contributed by atoms with van der Waals surface area (Å²) in [6.45, 7) is 3.41. The van der Waals surface area contributed by atoms with Crippen molar-refractivity contribution < 1.29 is 19.4 Å². The molecule has 2 aliphatic heterocycles. The number of amides is 1. The van der Waals surface area contributed by atoms with E-state index in [2.05, 4.69) is 10.2 Å². The SMILES string of the molecule is O=C(O)CCCC(=O)N[C@H]1COC[C@@H]1N1CCCC1. The molecular weight excluding hydrogens is 248 g/mol. The summed E-state index contributed by atoms with van der Waals surface area (Å²) in [4.78, 5) is 24.5. The lowest BCUT2D eigenvalue weighted by molar-refractivity contribution is -0.137.